The third-order valence-electron chi connectivity index (χ3n) is 3.52. The standard InChI is InChI=1S/C17H20BrNO/c1-3-12(2)14-6-4-5-7-17(14)20-11-13-8-9-15(18)16(19)10-13/h4-10,12H,3,11,19H2,1-2H3. The van der Waals surface area contributed by atoms with Gasteiger partial charge in [-0.3, -0.25) is 0 Å². The minimum atomic E-state index is 0.501. The van der Waals surface area contributed by atoms with Gasteiger partial charge in [0, 0.05) is 10.2 Å². The lowest BCUT2D eigenvalue weighted by molar-refractivity contribution is 0.301. The van der Waals surface area contributed by atoms with E-state index in [1.54, 1.807) is 0 Å². The highest BCUT2D eigenvalue weighted by molar-refractivity contribution is 9.10. The van der Waals surface area contributed by atoms with Crippen LogP contribution in [0, 0.1) is 0 Å². The smallest absolute Gasteiger partial charge is 0.123 e. The van der Waals surface area contributed by atoms with Gasteiger partial charge < -0.3 is 10.5 Å². The first-order valence-electron chi connectivity index (χ1n) is 6.87. The van der Waals surface area contributed by atoms with Gasteiger partial charge in [-0.2, -0.15) is 0 Å². The maximum atomic E-state index is 5.97. The van der Waals surface area contributed by atoms with Gasteiger partial charge in [-0.25, -0.2) is 0 Å². The van der Waals surface area contributed by atoms with E-state index in [2.05, 4.69) is 41.9 Å². The van der Waals surface area contributed by atoms with Crippen molar-refractivity contribution >= 4 is 21.6 Å². The molecule has 2 nitrogen and oxygen atoms in total. The third-order valence-corrected chi connectivity index (χ3v) is 4.24. The highest BCUT2D eigenvalue weighted by Crippen LogP contribution is 2.29. The highest BCUT2D eigenvalue weighted by Gasteiger charge is 2.09. The maximum absolute atomic E-state index is 5.97. The molecule has 0 spiro atoms. The Morgan fingerprint density at radius 3 is 2.65 bits per heavy atom. The van der Waals surface area contributed by atoms with E-state index in [0.717, 1.165) is 27.9 Å². The average Bonchev–Trinajstić information content (AvgIpc) is 2.48. The molecule has 2 rings (SSSR count). The number of hydrogen-bond donors (Lipinski definition) is 1. The van der Waals surface area contributed by atoms with Crippen molar-refractivity contribution in [2.24, 2.45) is 0 Å². The van der Waals surface area contributed by atoms with Gasteiger partial charge in [0.05, 0.1) is 0 Å². The van der Waals surface area contributed by atoms with E-state index in [-0.39, 0.29) is 0 Å². The number of anilines is 1. The van der Waals surface area contributed by atoms with Crippen LogP contribution in [0.15, 0.2) is 46.9 Å². The molecule has 0 aromatic heterocycles. The molecule has 0 amide bonds. The van der Waals surface area contributed by atoms with E-state index < -0.39 is 0 Å². The number of ether oxygens (including phenoxy) is 1. The second-order valence-corrected chi connectivity index (χ2v) is 5.85. The number of nitrogen functional groups attached to an aromatic ring is 1. The molecule has 2 N–H and O–H groups in total. The third kappa shape index (κ3) is 3.54. The molecule has 0 fully saturated rings. The van der Waals surface area contributed by atoms with E-state index >= 15 is 0 Å². The van der Waals surface area contributed by atoms with Crippen molar-refractivity contribution in [1.82, 2.24) is 0 Å². The number of rotatable bonds is 5. The van der Waals surface area contributed by atoms with Crippen LogP contribution in [0.1, 0.15) is 37.3 Å². The first-order valence-corrected chi connectivity index (χ1v) is 7.66. The summed E-state index contributed by atoms with van der Waals surface area (Å²) in [6.07, 6.45) is 1.10. The van der Waals surface area contributed by atoms with Gasteiger partial charge in [-0.15, -0.1) is 0 Å². The summed E-state index contributed by atoms with van der Waals surface area (Å²) in [6, 6.07) is 14.2. The number of benzene rings is 2. The summed E-state index contributed by atoms with van der Waals surface area (Å²) in [4.78, 5) is 0. The summed E-state index contributed by atoms with van der Waals surface area (Å²) in [5, 5.41) is 0. The van der Waals surface area contributed by atoms with E-state index in [9.17, 15) is 0 Å². The summed E-state index contributed by atoms with van der Waals surface area (Å²) < 4.78 is 6.89. The molecular formula is C17H20BrNO. The van der Waals surface area contributed by atoms with Gasteiger partial charge in [-0.1, -0.05) is 38.1 Å². The van der Waals surface area contributed by atoms with Gasteiger partial charge in [-0.05, 0) is 57.6 Å². The zero-order chi connectivity index (χ0) is 14.5. The number of nitrogens with two attached hydrogens (primary N) is 1. The van der Waals surface area contributed by atoms with E-state index in [1.807, 2.05) is 30.3 Å². The predicted octanol–water partition coefficient (Wildman–Crippen LogP) is 5.12. The predicted molar refractivity (Wildman–Crippen MR) is 88.0 cm³/mol. The summed E-state index contributed by atoms with van der Waals surface area (Å²) in [5.74, 6) is 1.46. The fourth-order valence-corrected chi connectivity index (χ4v) is 2.33. The van der Waals surface area contributed by atoms with Crippen molar-refractivity contribution < 1.29 is 4.74 Å². The SMILES string of the molecule is CCC(C)c1ccccc1OCc1ccc(Br)c(N)c1. The number of para-hydroxylation sites is 1. The molecule has 0 radical (unpaired) electrons. The molecule has 0 aliphatic rings. The molecule has 3 heteroatoms. The molecule has 2 aromatic carbocycles. The van der Waals surface area contributed by atoms with Gasteiger partial charge in [0.1, 0.15) is 12.4 Å². The molecule has 0 heterocycles. The Morgan fingerprint density at radius 1 is 1.20 bits per heavy atom. The zero-order valence-electron chi connectivity index (χ0n) is 11.9. The first kappa shape index (κ1) is 14.9. The van der Waals surface area contributed by atoms with Gasteiger partial charge in [0.2, 0.25) is 0 Å². The highest BCUT2D eigenvalue weighted by atomic mass is 79.9. The van der Waals surface area contributed by atoms with Crippen LogP contribution in [0.25, 0.3) is 0 Å². The normalized spacial score (nSPS) is 12.2. The van der Waals surface area contributed by atoms with E-state index in [4.69, 9.17) is 10.5 Å². The summed E-state index contributed by atoms with van der Waals surface area (Å²) >= 11 is 3.40. The van der Waals surface area contributed by atoms with Crippen molar-refractivity contribution in [2.75, 3.05) is 5.73 Å². The van der Waals surface area contributed by atoms with Crippen molar-refractivity contribution in [3.8, 4) is 5.75 Å². The Hall–Kier alpha value is -1.48. The fourth-order valence-electron chi connectivity index (χ4n) is 2.08. The van der Waals surface area contributed by atoms with Crippen molar-refractivity contribution in [1.29, 1.82) is 0 Å². The Labute approximate surface area is 129 Å². The zero-order valence-corrected chi connectivity index (χ0v) is 13.5. The van der Waals surface area contributed by atoms with Crippen LogP contribution < -0.4 is 10.5 Å². The van der Waals surface area contributed by atoms with E-state index in [0.29, 0.717) is 12.5 Å². The van der Waals surface area contributed by atoms with Crippen molar-refractivity contribution in [3.05, 3.63) is 58.1 Å². The summed E-state index contributed by atoms with van der Waals surface area (Å²) in [6.45, 7) is 4.95. The largest absolute Gasteiger partial charge is 0.489 e. The second kappa shape index (κ2) is 6.80. The minimum Gasteiger partial charge on any atom is -0.489 e. The molecule has 0 saturated carbocycles. The minimum absolute atomic E-state index is 0.501. The molecule has 1 atom stereocenters. The van der Waals surface area contributed by atoms with Crippen LogP contribution in [-0.4, -0.2) is 0 Å². The maximum Gasteiger partial charge on any atom is 0.123 e. The molecular weight excluding hydrogens is 314 g/mol. The van der Waals surface area contributed by atoms with Gasteiger partial charge in [0.15, 0.2) is 0 Å². The van der Waals surface area contributed by atoms with Crippen LogP contribution in [0.4, 0.5) is 5.69 Å². The lowest BCUT2D eigenvalue weighted by Crippen LogP contribution is -2.01. The van der Waals surface area contributed by atoms with Crippen LogP contribution in [-0.2, 0) is 6.61 Å². The van der Waals surface area contributed by atoms with Crippen LogP contribution >= 0.6 is 15.9 Å². The number of hydrogen-bond acceptors (Lipinski definition) is 2. The van der Waals surface area contributed by atoms with Gasteiger partial charge in [0.25, 0.3) is 0 Å². The molecule has 20 heavy (non-hydrogen) atoms. The topological polar surface area (TPSA) is 35.2 Å². The Bertz CT molecular complexity index is 583. The fraction of sp³-hybridized carbons (Fsp3) is 0.294. The Balaban J connectivity index is 2.12. The van der Waals surface area contributed by atoms with Crippen LogP contribution in [0.2, 0.25) is 0 Å². The van der Waals surface area contributed by atoms with Crippen molar-refractivity contribution in [3.63, 3.8) is 0 Å². The summed E-state index contributed by atoms with van der Waals surface area (Å²) in [5.41, 5.74) is 8.96. The number of halogens is 1. The van der Waals surface area contributed by atoms with Crippen LogP contribution in [0.5, 0.6) is 5.75 Å². The lowest BCUT2D eigenvalue weighted by Gasteiger charge is -2.16. The first-order chi connectivity index (χ1) is 9.61. The summed E-state index contributed by atoms with van der Waals surface area (Å²) in [7, 11) is 0. The molecule has 0 aliphatic heterocycles. The monoisotopic (exact) mass is 333 g/mol. The average molecular weight is 334 g/mol. The quantitative estimate of drug-likeness (QED) is 0.770. The van der Waals surface area contributed by atoms with Crippen LogP contribution in [0.3, 0.4) is 0 Å². The lowest BCUT2D eigenvalue weighted by atomic mass is 9.98. The molecule has 106 valence electrons. The molecule has 1 unspecified atom stereocenters. The van der Waals surface area contributed by atoms with Crippen molar-refractivity contribution in [2.45, 2.75) is 32.8 Å². The van der Waals surface area contributed by atoms with E-state index in [1.165, 1.54) is 5.56 Å². The molecule has 0 aliphatic carbocycles. The molecule has 0 saturated heterocycles. The Kier molecular flexibility index (Phi) is 5.07. The molecule has 2 aromatic rings. The Morgan fingerprint density at radius 2 is 1.95 bits per heavy atom. The van der Waals surface area contributed by atoms with Gasteiger partial charge >= 0.3 is 0 Å². The molecule has 0 bridgehead atoms. The second-order valence-electron chi connectivity index (χ2n) is 4.99.